The van der Waals surface area contributed by atoms with Crippen molar-refractivity contribution in [2.75, 3.05) is 36.0 Å². The normalized spacial score (nSPS) is 18.7. The van der Waals surface area contributed by atoms with E-state index in [2.05, 4.69) is 5.32 Å². The first-order chi connectivity index (χ1) is 19.6. The van der Waals surface area contributed by atoms with Crippen molar-refractivity contribution in [2.24, 2.45) is 0 Å². The van der Waals surface area contributed by atoms with Gasteiger partial charge in [-0.15, -0.1) is 0 Å². The SMILES string of the molecule is CC(=O)NC[C@H]1CN(c2ccc3c(c2)CCN(c2cc4c(c(C)c2F)c(=O)c(C(=O)O)cn4C2CC2)CC3)C(=O)O1. The molecular weight excluding hydrogens is 531 g/mol. The fraction of sp³-hybridized carbons (Fsp3) is 0.400. The van der Waals surface area contributed by atoms with E-state index >= 15 is 4.39 Å². The van der Waals surface area contributed by atoms with Gasteiger partial charge in [0.2, 0.25) is 11.3 Å². The molecule has 0 unspecified atom stereocenters. The Kier molecular flexibility index (Phi) is 6.67. The van der Waals surface area contributed by atoms with Crippen LogP contribution in [-0.4, -0.2) is 59.9 Å². The highest BCUT2D eigenvalue weighted by Crippen LogP contribution is 2.39. The zero-order chi connectivity index (χ0) is 29.0. The third kappa shape index (κ3) is 4.89. The summed E-state index contributed by atoms with van der Waals surface area (Å²) in [5, 5.41) is 12.4. The number of carbonyl (C=O) groups excluding carboxylic acids is 2. The number of nitrogens with zero attached hydrogens (tertiary/aromatic N) is 3. The number of pyridine rings is 1. The number of amides is 2. The fourth-order valence-corrected chi connectivity index (χ4v) is 5.91. The summed E-state index contributed by atoms with van der Waals surface area (Å²) in [5.41, 5.74) is 2.98. The van der Waals surface area contributed by atoms with Crippen molar-refractivity contribution in [1.29, 1.82) is 0 Å². The number of hydrogen-bond acceptors (Lipinski definition) is 6. The Hall–Kier alpha value is -4.41. The largest absolute Gasteiger partial charge is 0.477 e. The lowest BCUT2D eigenvalue weighted by Gasteiger charge is -2.25. The van der Waals surface area contributed by atoms with Gasteiger partial charge >= 0.3 is 12.1 Å². The van der Waals surface area contributed by atoms with Gasteiger partial charge in [0.15, 0.2) is 0 Å². The summed E-state index contributed by atoms with van der Waals surface area (Å²) in [6.07, 6.45) is 3.54. The third-order valence-corrected chi connectivity index (χ3v) is 8.24. The average Bonchev–Trinajstić information content (AvgIpc) is 3.74. The van der Waals surface area contributed by atoms with Crippen LogP contribution in [0.25, 0.3) is 10.9 Å². The highest BCUT2D eigenvalue weighted by atomic mass is 19.1. The van der Waals surface area contributed by atoms with Crippen molar-refractivity contribution in [3.63, 3.8) is 0 Å². The first kappa shape index (κ1) is 26.8. The molecule has 6 rings (SSSR count). The maximum atomic E-state index is 15.9. The van der Waals surface area contributed by atoms with Crippen molar-refractivity contribution in [1.82, 2.24) is 9.88 Å². The average molecular weight is 563 g/mol. The van der Waals surface area contributed by atoms with Crippen LogP contribution in [0.4, 0.5) is 20.6 Å². The Labute approximate surface area is 235 Å². The number of cyclic esters (lactones) is 1. The van der Waals surface area contributed by atoms with E-state index in [1.807, 2.05) is 27.7 Å². The van der Waals surface area contributed by atoms with Crippen LogP contribution in [0.5, 0.6) is 0 Å². The molecule has 3 aromatic rings. The van der Waals surface area contributed by atoms with Gasteiger partial charge in [0, 0.05) is 43.5 Å². The molecule has 1 atom stereocenters. The summed E-state index contributed by atoms with van der Waals surface area (Å²) in [4.78, 5) is 52.1. The van der Waals surface area contributed by atoms with Crippen LogP contribution in [0.15, 0.2) is 35.3 Å². The second-order valence-electron chi connectivity index (χ2n) is 11.0. The third-order valence-electron chi connectivity index (χ3n) is 8.24. The molecule has 0 spiro atoms. The number of halogens is 1. The number of benzene rings is 2. The van der Waals surface area contributed by atoms with E-state index in [9.17, 15) is 24.3 Å². The van der Waals surface area contributed by atoms with Crippen molar-refractivity contribution >= 4 is 40.2 Å². The zero-order valence-electron chi connectivity index (χ0n) is 22.9. The van der Waals surface area contributed by atoms with Crippen LogP contribution in [0.3, 0.4) is 0 Å². The molecule has 2 amide bonds. The topological polar surface area (TPSA) is 121 Å². The molecule has 11 heteroatoms. The van der Waals surface area contributed by atoms with Gasteiger partial charge in [-0.2, -0.15) is 0 Å². The summed E-state index contributed by atoms with van der Waals surface area (Å²) in [5.74, 6) is -2.02. The van der Waals surface area contributed by atoms with E-state index < -0.39 is 29.4 Å². The number of aromatic nitrogens is 1. The molecular formula is C30H31FN4O6. The fourth-order valence-electron chi connectivity index (χ4n) is 5.91. The summed E-state index contributed by atoms with van der Waals surface area (Å²) >= 11 is 0. The summed E-state index contributed by atoms with van der Waals surface area (Å²) in [7, 11) is 0. The quantitative estimate of drug-likeness (QED) is 0.471. The number of aromatic carboxylic acids is 1. The molecule has 2 fully saturated rings. The number of carboxylic acid groups (broad SMARTS) is 1. The molecule has 1 saturated heterocycles. The highest BCUT2D eigenvalue weighted by molar-refractivity contribution is 5.95. The van der Waals surface area contributed by atoms with E-state index in [1.165, 1.54) is 13.1 Å². The van der Waals surface area contributed by atoms with Gasteiger partial charge in [-0.05, 0) is 61.9 Å². The predicted octanol–water partition coefficient (Wildman–Crippen LogP) is 3.55. The molecule has 3 aliphatic rings. The second-order valence-corrected chi connectivity index (χ2v) is 11.0. The molecule has 2 aromatic carbocycles. The van der Waals surface area contributed by atoms with E-state index in [0.29, 0.717) is 49.4 Å². The van der Waals surface area contributed by atoms with Gasteiger partial charge in [0.25, 0.3) is 0 Å². The van der Waals surface area contributed by atoms with E-state index in [4.69, 9.17) is 4.74 Å². The predicted molar refractivity (Wildman–Crippen MR) is 150 cm³/mol. The van der Waals surface area contributed by atoms with Crippen molar-refractivity contribution in [3.05, 3.63) is 68.8 Å². The number of hydrogen-bond donors (Lipinski definition) is 2. The van der Waals surface area contributed by atoms with Crippen molar-refractivity contribution in [3.8, 4) is 0 Å². The summed E-state index contributed by atoms with van der Waals surface area (Å²) in [6.45, 7) is 4.61. The summed E-state index contributed by atoms with van der Waals surface area (Å²) in [6, 6.07) is 7.63. The van der Waals surface area contributed by atoms with E-state index in [0.717, 1.165) is 24.0 Å². The minimum absolute atomic E-state index is 0.0934. The maximum absolute atomic E-state index is 15.9. The molecule has 41 heavy (non-hydrogen) atoms. The Morgan fingerprint density at radius 3 is 2.54 bits per heavy atom. The minimum Gasteiger partial charge on any atom is -0.477 e. The summed E-state index contributed by atoms with van der Waals surface area (Å²) < 4.78 is 23.1. The van der Waals surface area contributed by atoms with Gasteiger partial charge in [-0.1, -0.05) is 6.07 Å². The lowest BCUT2D eigenvalue weighted by atomic mass is 10.0. The molecule has 3 heterocycles. The highest BCUT2D eigenvalue weighted by Gasteiger charge is 2.33. The first-order valence-corrected chi connectivity index (χ1v) is 13.8. The maximum Gasteiger partial charge on any atom is 0.414 e. The first-order valence-electron chi connectivity index (χ1n) is 13.8. The van der Waals surface area contributed by atoms with Gasteiger partial charge in [-0.25, -0.2) is 14.0 Å². The van der Waals surface area contributed by atoms with Crippen LogP contribution in [0.1, 0.15) is 52.9 Å². The second kappa shape index (κ2) is 10.2. The standard InChI is InChI=1S/C30H31FN4O6/c1-16-26-24(34(20-5-6-20)15-23(28(26)37)29(38)39)12-25(27(16)31)33-9-7-18-3-4-21(11-19(18)8-10-33)35-14-22(41-30(35)40)13-32-17(2)36/h3-4,11-12,15,20,22H,5-10,13-14H2,1-2H3,(H,32,36)(H,38,39)/t22-/m0/s1. The number of fused-ring (bicyclic) bond motifs is 2. The molecule has 0 radical (unpaired) electrons. The van der Waals surface area contributed by atoms with Gasteiger partial charge in [-0.3, -0.25) is 14.5 Å². The molecule has 214 valence electrons. The Morgan fingerprint density at radius 2 is 1.85 bits per heavy atom. The lowest BCUT2D eigenvalue weighted by molar-refractivity contribution is -0.119. The van der Waals surface area contributed by atoms with Gasteiger partial charge in [0.1, 0.15) is 17.5 Å². The van der Waals surface area contributed by atoms with Crippen LogP contribution in [0, 0.1) is 12.7 Å². The number of aryl methyl sites for hydroxylation is 1. The number of carbonyl (C=O) groups is 3. The number of rotatable bonds is 6. The van der Waals surface area contributed by atoms with E-state index in [-0.39, 0.29) is 35.0 Å². The van der Waals surface area contributed by atoms with Crippen molar-refractivity contribution in [2.45, 2.75) is 51.7 Å². The number of anilines is 2. The Balaban J connectivity index is 1.28. The van der Waals surface area contributed by atoms with Crippen LogP contribution in [0.2, 0.25) is 0 Å². The molecule has 10 nitrogen and oxygen atoms in total. The molecule has 0 bridgehead atoms. The number of ether oxygens (including phenoxy) is 1. The van der Waals surface area contributed by atoms with Crippen LogP contribution >= 0.6 is 0 Å². The number of carboxylic acids is 1. The van der Waals surface area contributed by atoms with E-state index in [1.54, 1.807) is 17.9 Å². The van der Waals surface area contributed by atoms with Crippen LogP contribution in [-0.2, 0) is 22.4 Å². The van der Waals surface area contributed by atoms with Crippen LogP contribution < -0.4 is 20.5 Å². The van der Waals surface area contributed by atoms with Crippen molar-refractivity contribution < 1.29 is 28.6 Å². The Morgan fingerprint density at radius 1 is 1.12 bits per heavy atom. The monoisotopic (exact) mass is 562 g/mol. The molecule has 1 aliphatic carbocycles. The minimum atomic E-state index is -1.31. The molecule has 2 N–H and O–H groups in total. The van der Waals surface area contributed by atoms with Gasteiger partial charge in [0.05, 0.1) is 29.7 Å². The Bertz CT molecular complexity index is 1660. The lowest BCUT2D eigenvalue weighted by Crippen LogP contribution is -2.33. The van der Waals surface area contributed by atoms with Gasteiger partial charge < -0.3 is 24.6 Å². The molecule has 2 aliphatic heterocycles. The number of nitrogens with one attached hydrogen (secondary N) is 1. The smallest absolute Gasteiger partial charge is 0.414 e. The molecule has 1 aromatic heterocycles. The zero-order valence-corrected chi connectivity index (χ0v) is 22.9. The molecule has 1 saturated carbocycles.